The summed E-state index contributed by atoms with van der Waals surface area (Å²) in [5, 5.41) is 0. The molecule has 2 heteroatoms. The van der Waals surface area contributed by atoms with Crippen molar-refractivity contribution in [2.24, 2.45) is 0 Å². The molecule has 0 radical (unpaired) electrons. The fourth-order valence-electron chi connectivity index (χ4n) is 3.98. The molecule has 0 amide bonds. The van der Waals surface area contributed by atoms with Crippen molar-refractivity contribution in [3.8, 4) is 0 Å². The van der Waals surface area contributed by atoms with Gasteiger partial charge in [0, 0.05) is 0 Å². The van der Waals surface area contributed by atoms with Gasteiger partial charge in [0.2, 0.25) is 0 Å². The molecule has 0 spiro atoms. The second-order valence-electron chi connectivity index (χ2n) is 7.67. The summed E-state index contributed by atoms with van der Waals surface area (Å²) in [5.74, 6) is 0.780. The molecule has 1 heterocycles. The van der Waals surface area contributed by atoms with Gasteiger partial charge in [-0.3, -0.25) is 0 Å². The van der Waals surface area contributed by atoms with E-state index in [-0.39, 0.29) is 0 Å². The Hall–Kier alpha value is -0.0513. The number of rotatable bonds is 11. The average molecular weight is 422 g/mol. The number of hydrogen-bond acceptors (Lipinski definition) is 1. The molecule has 1 fully saturated rings. The third kappa shape index (κ3) is 5.21. The molecule has 0 bridgehead atoms. The molecule has 1 saturated carbocycles. The van der Waals surface area contributed by atoms with Crippen LogP contribution in [0.1, 0.15) is 90.2 Å². The van der Waals surface area contributed by atoms with E-state index in [1.54, 1.807) is 3.71 Å². The Kier molecular flexibility index (Phi) is 8.43. The van der Waals surface area contributed by atoms with E-state index in [1.807, 2.05) is 0 Å². The maximum absolute atomic E-state index is 5.32. The standard InChI is InChI=1S/C9H10N.3C4H9.Sn/c1-2-7-10-9(6-1)8-4-3-5-8;3*1-3-4-2;/h1-2,6,8H,3-5H2;3*1,3-4H2,2H3;. The number of unbranched alkanes of at least 4 members (excludes halogenated alkanes) is 3. The molecular formula is C21H37NSn. The van der Waals surface area contributed by atoms with E-state index in [1.165, 1.54) is 76.8 Å². The van der Waals surface area contributed by atoms with Crippen LogP contribution >= 0.6 is 0 Å². The summed E-state index contributed by atoms with van der Waals surface area (Å²) in [7, 11) is 0. The Balaban J connectivity index is 2.27. The summed E-state index contributed by atoms with van der Waals surface area (Å²) in [6.07, 6.45) is 12.5. The maximum atomic E-state index is 5.32. The van der Waals surface area contributed by atoms with Crippen molar-refractivity contribution in [1.29, 1.82) is 0 Å². The van der Waals surface area contributed by atoms with Crippen molar-refractivity contribution in [3.05, 3.63) is 23.9 Å². The molecule has 23 heavy (non-hydrogen) atoms. The van der Waals surface area contributed by atoms with E-state index in [0.717, 1.165) is 5.92 Å². The minimum absolute atomic E-state index is 0.780. The number of pyridine rings is 1. The second-order valence-corrected chi connectivity index (χ2v) is 20.7. The average Bonchev–Trinajstić information content (AvgIpc) is 2.53. The first-order chi connectivity index (χ1) is 11.3. The Morgan fingerprint density at radius 3 is 1.91 bits per heavy atom. The third-order valence-electron chi connectivity index (χ3n) is 5.86. The molecule has 130 valence electrons. The van der Waals surface area contributed by atoms with Crippen molar-refractivity contribution >= 4 is 22.1 Å². The Labute approximate surface area is 148 Å². The molecule has 0 atom stereocenters. The van der Waals surface area contributed by atoms with Gasteiger partial charge in [0.05, 0.1) is 0 Å². The van der Waals surface area contributed by atoms with Gasteiger partial charge in [-0.25, -0.2) is 0 Å². The topological polar surface area (TPSA) is 12.9 Å². The van der Waals surface area contributed by atoms with Crippen molar-refractivity contribution < 1.29 is 0 Å². The van der Waals surface area contributed by atoms with E-state index >= 15 is 0 Å². The zero-order chi connectivity index (χ0) is 16.5. The summed E-state index contributed by atoms with van der Waals surface area (Å²) < 4.78 is 6.23. The first kappa shape index (κ1) is 19.3. The molecule has 0 N–H and O–H groups in total. The monoisotopic (exact) mass is 423 g/mol. The van der Waals surface area contributed by atoms with Crippen molar-refractivity contribution in [1.82, 2.24) is 4.98 Å². The van der Waals surface area contributed by atoms with Crippen LogP contribution in [-0.4, -0.2) is 23.4 Å². The summed E-state index contributed by atoms with van der Waals surface area (Å²) in [6, 6.07) is 7.08. The molecule has 0 saturated heterocycles. The molecule has 1 aromatic heterocycles. The third-order valence-corrected chi connectivity index (χ3v) is 21.0. The van der Waals surface area contributed by atoms with Crippen molar-refractivity contribution in [2.45, 2.75) is 97.8 Å². The summed E-state index contributed by atoms with van der Waals surface area (Å²) in [4.78, 5) is 5.32. The zero-order valence-electron chi connectivity index (χ0n) is 15.7. The molecule has 1 nitrogen and oxygen atoms in total. The van der Waals surface area contributed by atoms with Crippen LogP contribution in [0.25, 0.3) is 0 Å². The molecule has 1 aromatic rings. The van der Waals surface area contributed by atoms with E-state index in [0.29, 0.717) is 0 Å². The van der Waals surface area contributed by atoms with E-state index in [9.17, 15) is 0 Å². The van der Waals surface area contributed by atoms with Crippen LogP contribution < -0.4 is 3.71 Å². The van der Waals surface area contributed by atoms with Gasteiger partial charge in [-0.2, -0.15) is 0 Å². The van der Waals surface area contributed by atoms with Crippen LogP contribution in [0.4, 0.5) is 0 Å². The van der Waals surface area contributed by atoms with Gasteiger partial charge in [0.15, 0.2) is 0 Å². The van der Waals surface area contributed by atoms with Crippen LogP contribution in [0.3, 0.4) is 0 Å². The first-order valence-electron chi connectivity index (χ1n) is 10.2. The summed E-state index contributed by atoms with van der Waals surface area (Å²) >= 11 is -2.31. The normalized spacial score (nSPS) is 15.6. The molecule has 1 aliphatic rings. The van der Waals surface area contributed by atoms with E-state index in [2.05, 4.69) is 39.0 Å². The fourth-order valence-corrected chi connectivity index (χ4v) is 19.5. The Morgan fingerprint density at radius 2 is 1.48 bits per heavy atom. The van der Waals surface area contributed by atoms with Crippen molar-refractivity contribution in [2.75, 3.05) is 0 Å². The molecule has 0 aliphatic heterocycles. The number of hydrogen-bond donors (Lipinski definition) is 0. The van der Waals surface area contributed by atoms with E-state index < -0.39 is 18.4 Å². The number of aromatic nitrogens is 1. The summed E-state index contributed by atoms with van der Waals surface area (Å²) in [6.45, 7) is 7.07. The van der Waals surface area contributed by atoms with Crippen LogP contribution in [0.5, 0.6) is 0 Å². The molecule has 0 unspecified atom stereocenters. The van der Waals surface area contributed by atoms with Crippen LogP contribution in [0.2, 0.25) is 13.3 Å². The van der Waals surface area contributed by atoms with Gasteiger partial charge < -0.3 is 0 Å². The molecule has 1 aliphatic carbocycles. The van der Waals surface area contributed by atoms with E-state index in [4.69, 9.17) is 4.98 Å². The van der Waals surface area contributed by atoms with Crippen LogP contribution in [-0.2, 0) is 0 Å². The van der Waals surface area contributed by atoms with Crippen LogP contribution in [0.15, 0.2) is 18.2 Å². The SMILES string of the molecule is CCC[CH2][Sn]([CH2]CCC)([CH2]CCC)[c]1cccc(C2CCC2)n1. The molecular weight excluding hydrogens is 385 g/mol. The van der Waals surface area contributed by atoms with Crippen molar-refractivity contribution in [3.63, 3.8) is 0 Å². The fraction of sp³-hybridized carbons (Fsp3) is 0.762. The van der Waals surface area contributed by atoms with Gasteiger partial charge in [-0.1, -0.05) is 0 Å². The Morgan fingerprint density at radius 1 is 0.913 bits per heavy atom. The van der Waals surface area contributed by atoms with Gasteiger partial charge >= 0.3 is 149 Å². The predicted molar refractivity (Wildman–Crippen MR) is 105 cm³/mol. The van der Waals surface area contributed by atoms with Crippen LogP contribution in [0, 0.1) is 0 Å². The summed E-state index contributed by atoms with van der Waals surface area (Å²) in [5.41, 5.74) is 1.43. The molecule has 2 rings (SSSR count). The second kappa shape index (κ2) is 10.1. The first-order valence-corrected chi connectivity index (χ1v) is 17.7. The minimum atomic E-state index is -2.31. The number of nitrogens with zero attached hydrogens (tertiary/aromatic N) is 1. The van der Waals surface area contributed by atoms with Gasteiger partial charge in [0.1, 0.15) is 0 Å². The molecule has 0 aromatic carbocycles. The van der Waals surface area contributed by atoms with Gasteiger partial charge in [-0.15, -0.1) is 0 Å². The predicted octanol–water partition coefficient (Wildman–Crippen LogP) is 6.41. The zero-order valence-corrected chi connectivity index (χ0v) is 18.6. The van der Waals surface area contributed by atoms with Gasteiger partial charge in [-0.05, 0) is 0 Å². The Bertz CT molecular complexity index is 431. The van der Waals surface area contributed by atoms with Gasteiger partial charge in [0.25, 0.3) is 0 Å². The quantitative estimate of drug-likeness (QED) is 0.376.